The van der Waals surface area contributed by atoms with Crippen molar-refractivity contribution in [3.05, 3.63) is 84.4 Å². The topological polar surface area (TPSA) is 74.8 Å². The van der Waals surface area contributed by atoms with Crippen LogP contribution >= 0.6 is 0 Å². The minimum atomic E-state index is -3.65. The maximum atomic E-state index is 12.8. The van der Waals surface area contributed by atoms with Gasteiger partial charge in [0.1, 0.15) is 5.82 Å². The molecule has 4 aromatic rings. The van der Waals surface area contributed by atoms with E-state index in [9.17, 15) is 8.42 Å². The third-order valence-corrected chi connectivity index (χ3v) is 5.98. The number of sulfonamides is 1. The van der Waals surface area contributed by atoms with E-state index >= 15 is 0 Å². The highest BCUT2D eigenvalue weighted by atomic mass is 32.2. The number of nitrogens with zero attached hydrogens (tertiary/aromatic N) is 1. The maximum absolute atomic E-state index is 12.8. The van der Waals surface area contributed by atoms with Gasteiger partial charge in [-0.3, -0.25) is 0 Å². The molecule has 1 heterocycles. The first-order valence-electron chi connectivity index (χ1n) is 8.65. The smallest absolute Gasteiger partial charge is 0.241 e. The lowest BCUT2D eigenvalue weighted by Gasteiger charge is -2.14. The largest absolute Gasteiger partial charge is 0.338 e. The summed E-state index contributed by atoms with van der Waals surface area (Å²) in [6.45, 7) is 1.83. The lowest BCUT2D eigenvalue weighted by molar-refractivity contribution is 0.567. The Morgan fingerprint density at radius 2 is 1.59 bits per heavy atom. The van der Waals surface area contributed by atoms with Crippen LogP contribution in [0.25, 0.3) is 22.4 Å². The molecule has 2 N–H and O–H groups in total. The number of imidazole rings is 1. The number of rotatable bonds is 5. The summed E-state index contributed by atoms with van der Waals surface area (Å²) in [6, 6.07) is 23.8. The fourth-order valence-electron chi connectivity index (χ4n) is 3.00. The van der Waals surface area contributed by atoms with Crippen LogP contribution in [0, 0.1) is 0 Å². The SMILES string of the molecule is C[C@@H](NS(=O)(=O)c1ccc2nc(-c3ccccc3)[nH]c2c1)c1ccccc1. The van der Waals surface area contributed by atoms with Gasteiger partial charge in [0.25, 0.3) is 0 Å². The Morgan fingerprint density at radius 3 is 2.30 bits per heavy atom. The number of nitrogens with one attached hydrogen (secondary N) is 2. The molecule has 6 heteroatoms. The molecule has 0 bridgehead atoms. The normalized spacial score (nSPS) is 12.9. The first kappa shape index (κ1) is 17.5. The second-order valence-electron chi connectivity index (χ2n) is 6.38. The van der Waals surface area contributed by atoms with Gasteiger partial charge in [-0.1, -0.05) is 60.7 Å². The van der Waals surface area contributed by atoms with Crippen LogP contribution in [0.2, 0.25) is 0 Å². The quantitative estimate of drug-likeness (QED) is 0.545. The third kappa shape index (κ3) is 3.63. The second-order valence-corrected chi connectivity index (χ2v) is 8.10. The van der Waals surface area contributed by atoms with E-state index in [4.69, 9.17) is 0 Å². The van der Waals surface area contributed by atoms with Crippen molar-refractivity contribution in [1.29, 1.82) is 0 Å². The minimum Gasteiger partial charge on any atom is -0.338 e. The standard InChI is InChI=1S/C21H19N3O2S/c1-15(16-8-4-2-5-9-16)24-27(25,26)18-12-13-19-20(14-18)23-21(22-19)17-10-6-3-7-11-17/h2-15,24H,1H3,(H,22,23)/t15-/m1/s1. The molecule has 136 valence electrons. The molecule has 4 rings (SSSR count). The van der Waals surface area contributed by atoms with E-state index in [0.29, 0.717) is 11.3 Å². The van der Waals surface area contributed by atoms with Crippen molar-refractivity contribution in [3.8, 4) is 11.4 Å². The highest BCUT2D eigenvalue weighted by Gasteiger charge is 2.19. The maximum Gasteiger partial charge on any atom is 0.241 e. The summed E-state index contributed by atoms with van der Waals surface area (Å²) in [5.74, 6) is 0.714. The molecule has 1 atom stereocenters. The zero-order valence-corrected chi connectivity index (χ0v) is 15.6. The Kier molecular flexibility index (Phi) is 4.51. The predicted molar refractivity (Wildman–Crippen MR) is 107 cm³/mol. The third-order valence-electron chi connectivity index (χ3n) is 4.44. The van der Waals surface area contributed by atoms with Crippen LogP contribution < -0.4 is 4.72 Å². The fourth-order valence-corrected chi connectivity index (χ4v) is 4.26. The lowest BCUT2D eigenvalue weighted by Crippen LogP contribution is -2.26. The molecule has 0 amide bonds. The van der Waals surface area contributed by atoms with Gasteiger partial charge in [-0.2, -0.15) is 0 Å². The molecule has 27 heavy (non-hydrogen) atoms. The molecule has 0 saturated carbocycles. The van der Waals surface area contributed by atoms with E-state index in [-0.39, 0.29) is 10.9 Å². The van der Waals surface area contributed by atoms with Crippen molar-refractivity contribution in [2.24, 2.45) is 0 Å². The van der Waals surface area contributed by atoms with Crippen molar-refractivity contribution >= 4 is 21.1 Å². The summed E-state index contributed by atoms with van der Waals surface area (Å²) in [7, 11) is -3.65. The number of H-pyrrole nitrogens is 1. The predicted octanol–water partition coefficient (Wildman–Crippen LogP) is 4.27. The Hall–Kier alpha value is -2.96. The highest BCUT2D eigenvalue weighted by Crippen LogP contribution is 2.23. The van der Waals surface area contributed by atoms with Crippen molar-refractivity contribution in [1.82, 2.24) is 14.7 Å². The van der Waals surface area contributed by atoms with E-state index in [1.54, 1.807) is 18.2 Å². The van der Waals surface area contributed by atoms with Crippen LogP contribution in [0.15, 0.2) is 83.8 Å². The van der Waals surface area contributed by atoms with Crippen molar-refractivity contribution in [2.45, 2.75) is 17.9 Å². The Morgan fingerprint density at radius 1 is 0.926 bits per heavy atom. The summed E-state index contributed by atoms with van der Waals surface area (Å²) in [4.78, 5) is 7.96. The van der Waals surface area contributed by atoms with Crippen LogP contribution in [-0.4, -0.2) is 18.4 Å². The van der Waals surface area contributed by atoms with Crippen LogP contribution in [0.1, 0.15) is 18.5 Å². The number of benzene rings is 3. The number of hydrogen-bond donors (Lipinski definition) is 2. The van der Waals surface area contributed by atoms with Gasteiger partial charge in [0.15, 0.2) is 0 Å². The molecule has 0 unspecified atom stereocenters. The van der Waals surface area contributed by atoms with E-state index in [2.05, 4.69) is 14.7 Å². The van der Waals surface area contributed by atoms with E-state index in [1.807, 2.05) is 67.6 Å². The average Bonchev–Trinajstić information content (AvgIpc) is 3.12. The lowest BCUT2D eigenvalue weighted by atomic mass is 10.1. The Balaban J connectivity index is 1.65. The zero-order valence-electron chi connectivity index (χ0n) is 14.8. The molecule has 0 aliphatic carbocycles. The summed E-state index contributed by atoms with van der Waals surface area (Å²) in [6.07, 6.45) is 0. The van der Waals surface area contributed by atoms with Crippen LogP contribution in [0.5, 0.6) is 0 Å². The van der Waals surface area contributed by atoms with Gasteiger partial charge in [0, 0.05) is 11.6 Å². The molecule has 3 aromatic carbocycles. The first-order chi connectivity index (χ1) is 13.0. The zero-order chi connectivity index (χ0) is 18.9. The summed E-state index contributed by atoms with van der Waals surface area (Å²) < 4.78 is 28.3. The minimum absolute atomic E-state index is 0.209. The summed E-state index contributed by atoms with van der Waals surface area (Å²) in [5.41, 5.74) is 3.27. The van der Waals surface area contributed by atoms with Gasteiger partial charge >= 0.3 is 0 Å². The van der Waals surface area contributed by atoms with Crippen molar-refractivity contribution in [2.75, 3.05) is 0 Å². The Labute approximate surface area is 158 Å². The molecule has 0 radical (unpaired) electrons. The van der Waals surface area contributed by atoms with E-state index in [1.165, 1.54) is 0 Å². The number of aromatic amines is 1. The molecule has 0 fully saturated rings. The van der Waals surface area contributed by atoms with Crippen LogP contribution in [0.3, 0.4) is 0 Å². The molecule has 1 aromatic heterocycles. The summed E-state index contributed by atoms with van der Waals surface area (Å²) >= 11 is 0. The van der Waals surface area contributed by atoms with Crippen molar-refractivity contribution in [3.63, 3.8) is 0 Å². The van der Waals surface area contributed by atoms with Gasteiger partial charge in [-0.15, -0.1) is 0 Å². The monoisotopic (exact) mass is 377 g/mol. The number of fused-ring (bicyclic) bond motifs is 1. The van der Waals surface area contributed by atoms with Gasteiger partial charge in [0.05, 0.1) is 15.9 Å². The molecular formula is C21H19N3O2S. The molecular weight excluding hydrogens is 358 g/mol. The number of hydrogen-bond acceptors (Lipinski definition) is 3. The Bertz CT molecular complexity index is 1170. The molecule has 0 aliphatic rings. The van der Waals surface area contributed by atoms with Crippen LogP contribution in [0.4, 0.5) is 0 Å². The highest BCUT2D eigenvalue weighted by molar-refractivity contribution is 7.89. The molecule has 0 aliphatic heterocycles. The van der Waals surface area contributed by atoms with E-state index < -0.39 is 10.0 Å². The average molecular weight is 377 g/mol. The van der Waals surface area contributed by atoms with E-state index in [0.717, 1.165) is 16.6 Å². The molecule has 5 nitrogen and oxygen atoms in total. The second kappa shape index (κ2) is 6.98. The summed E-state index contributed by atoms with van der Waals surface area (Å²) in [5, 5.41) is 0. The molecule has 0 saturated heterocycles. The van der Waals surface area contributed by atoms with Gasteiger partial charge < -0.3 is 4.98 Å². The van der Waals surface area contributed by atoms with Gasteiger partial charge in [-0.05, 0) is 30.7 Å². The van der Waals surface area contributed by atoms with Gasteiger partial charge in [0.2, 0.25) is 10.0 Å². The van der Waals surface area contributed by atoms with Gasteiger partial charge in [-0.25, -0.2) is 18.1 Å². The first-order valence-corrected chi connectivity index (χ1v) is 10.1. The number of aromatic nitrogens is 2. The molecule has 0 spiro atoms. The van der Waals surface area contributed by atoms with Crippen molar-refractivity contribution < 1.29 is 8.42 Å². The fraction of sp³-hybridized carbons (Fsp3) is 0.0952. The van der Waals surface area contributed by atoms with Crippen LogP contribution in [-0.2, 0) is 10.0 Å².